The summed E-state index contributed by atoms with van der Waals surface area (Å²) >= 11 is 1.51. The molecular formula is C12H19N5OS. The molecule has 19 heavy (non-hydrogen) atoms. The first-order chi connectivity index (χ1) is 8.85. The van der Waals surface area contributed by atoms with Gasteiger partial charge in [0.15, 0.2) is 5.82 Å². The minimum absolute atomic E-state index is 0.0226. The summed E-state index contributed by atoms with van der Waals surface area (Å²) in [5.74, 6) is 0.876. The first-order valence-corrected chi connectivity index (χ1v) is 7.11. The van der Waals surface area contributed by atoms with Crippen LogP contribution >= 0.6 is 11.3 Å². The Morgan fingerprint density at radius 1 is 1.37 bits per heavy atom. The van der Waals surface area contributed by atoms with Gasteiger partial charge in [0.25, 0.3) is 0 Å². The molecule has 104 valence electrons. The van der Waals surface area contributed by atoms with Gasteiger partial charge >= 0.3 is 0 Å². The molecule has 0 aliphatic heterocycles. The van der Waals surface area contributed by atoms with E-state index in [1.54, 1.807) is 4.52 Å². The Labute approximate surface area is 116 Å². The van der Waals surface area contributed by atoms with Gasteiger partial charge in [0.05, 0.1) is 0 Å². The van der Waals surface area contributed by atoms with Crippen molar-refractivity contribution in [1.29, 1.82) is 0 Å². The third kappa shape index (κ3) is 3.73. The van der Waals surface area contributed by atoms with Crippen molar-refractivity contribution in [1.82, 2.24) is 25.1 Å². The van der Waals surface area contributed by atoms with Gasteiger partial charge in [-0.3, -0.25) is 4.79 Å². The third-order valence-electron chi connectivity index (χ3n) is 2.54. The Kier molecular flexibility index (Phi) is 3.84. The van der Waals surface area contributed by atoms with Crippen LogP contribution < -0.4 is 5.32 Å². The summed E-state index contributed by atoms with van der Waals surface area (Å²) in [6.07, 6.45) is 1.26. The van der Waals surface area contributed by atoms with E-state index >= 15 is 0 Å². The molecule has 1 N–H and O–H groups in total. The zero-order valence-corrected chi connectivity index (χ0v) is 12.5. The summed E-state index contributed by atoms with van der Waals surface area (Å²) in [6.45, 7) is 8.64. The van der Waals surface area contributed by atoms with Crippen LogP contribution in [0.2, 0.25) is 0 Å². The van der Waals surface area contributed by atoms with E-state index < -0.39 is 0 Å². The van der Waals surface area contributed by atoms with Crippen molar-refractivity contribution >= 4 is 22.2 Å². The van der Waals surface area contributed by atoms with Crippen molar-refractivity contribution in [2.75, 3.05) is 6.54 Å². The molecular weight excluding hydrogens is 262 g/mol. The minimum atomic E-state index is 0.0226. The monoisotopic (exact) mass is 281 g/mol. The van der Waals surface area contributed by atoms with Crippen LogP contribution in [0.5, 0.6) is 0 Å². The number of nitrogens with zero attached hydrogens (tertiary/aromatic N) is 4. The highest BCUT2D eigenvalue weighted by Crippen LogP contribution is 2.18. The number of hydrogen-bond donors (Lipinski definition) is 1. The molecule has 0 aliphatic rings. The first-order valence-electron chi connectivity index (χ1n) is 6.29. The Balaban J connectivity index is 1.84. The van der Waals surface area contributed by atoms with Crippen molar-refractivity contribution in [3.63, 3.8) is 0 Å². The van der Waals surface area contributed by atoms with Gasteiger partial charge in [-0.25, -0.2) is 0 Å². The normalized spacial score (nSPS) is 12.0. The molecule has 0 aromatic carbocycles. The molecule has 2 heterocycles. The van der Waals surface area contributed by atoms with Crippen LogP contribution in [-0.2, 0) is 11.2 Å². The van der Waals surface area contributed by atoms with Crippen LogP contribution in [0.15, 0.2) is 0 Å². The molecule has 2 rings (SSSR count). The van der Waals surface area contributed by atoms with Crippen LogP contribution in [0.4, 0.5) is 0 Å². The molecule has 7 heteroatoms. The Hall–Kier alpha value is -1.50. The molecule has 0 bridgehead atoms. The van der Waals surface area contributed by atoms with Crippen LogP contribution in [0, 0.1) is 12.3 Å². The fraction of sp³-hybridized carbons (Fsp3) is 0.667. The molecule has 0 unspecified atom stereocenters. The molecule has 0 atom stereocenters. The number of carbonyl (C=O) groups excluding carboxylic acids is 1. The van der Waals surface area contributed by atoms with Crippen LogP contribution in [0.1, 0.15) is 38.0 Å². The maximum atomic E-state index is 11.7. The van der Waals surface area contributed by atoms with Gasteiger partial charge in [-0.05, 0) is 12.3 Å². The van der Waals surface area contributed by atoms with Gasteiger partial charge in [-0.1, -0.05) is 32.1 Å². The first kappa shape index (κ1) is 13.9. The Morgan fingerprint density at radius 2 is 2.11 bits per heavy atom. The zero-order valence-electron chi connectivity index (χ0n) is 11.7. The molecule has 2 aromatic heterocycles. The number of carbonyl (C=O) groups is 1. The second-order valence-electron chi connectivity index (χ2n) is 5.77. The number of nitrogens with one attached hydrogen (secondary N) is 1. The molecule has 0 spiro atoms. The van der Waals surface area contributed by atoms with Gasteiger partial charge in [0.2, 0.25) is 10.9 Å². The molecule has 0 radical (unpaired) electrons. The zero-order chi connectivity index (χ0) is 14.0. The van der Waals surface area contributed by atoms with Crippen molar-refractivity contribution in [2.45, 2.75) is 40.5 Å². The lowest BCUT2D eigenvalue weighted by molar-refractivity contribution is -0.122. The number of amides is 1. The number of fused-ring (bicyclic) bond motifs is 1. The second-order valence-corrected chi connectivity index (χ2v) is 6.82. The van der Waals surface area contributed by atoms with E-state index in [9.17, 15) is 4.79 Å². The van der Waals surface area contributed by atoms with E-state index in [-0.39, 0.29) is 11.3 Å². The summed E-state index contributed by atoms with van der Waals surface area (Å²) in [5.41, 5.74) is 0.0226. The number of aryl methyl sites for hydroxylation is 1. The topological polar surface area (TPSA) is 72.2 Å². The number of hydrogen-bond acceptors (Lipinski definition) is 5. The van der Waals surface area contributed by atoms with Gasteiger partial charge in [-0.15, -0.1) is 10.2 Å². The molecule has 1 amide bonds. The van der Waals surface area contributed by atoms with Gasteiger partial charge in [0, 0.05) is 19.4 Å². The largest absolute Gasteiger partial charge is 0.356 e. The van der Waals surface area contributed by atoms with E-state index in [1.807, 2.05) is 6.92 Å². The minimum Gasteiger partial charge on any atom is -0.356 e. The maximum absolute atomic E-state index is 11.7. The average Bonchev–Trinajstić information content (AvgIpc) is 2.79. The summed E-state index contributed by atoms with van der Waals surface area (Å²) in [6, 6.07) is 0. The lowest BCUT2D eigenvalue weighted by Crippen LogP contribution is -2.29. The van der Waals surface area contributed by atoms with Crippen LogP contribution in [0.25, 0.3) is 4.96 Å². The smallest absolute Gasteiger partial charge is 0.234 e. The highest BCUT2D eigenvalue weighted by molar-refractivity contribution is 7.16. The van der Waals surface area contributed by atoms with Gasteiger partial charge in [-0.2, -0.15) is 9.61 Å². The Bertz CT molecular complexity index is 580. The van der Waals surface area contributed by atoms with E-state index in [4.69, 9.17) is 0 Å². The van der Waals surface area contributed by atoms with E-state index in [0.717, 1.165) is 22.2 Å². The molecule has 0 aliphatic carbocycles. The van der Waals surface area contributed by atoms with Crippen molar-refractivity contribution in [2.24, 2.45) is 5.41 Å². The summed E-state index contributed by atoms with van der Waals surface area (Å²) in [4.78, 5) is 12.5. The summed E-state index contributed by atoms with van der Waals surface area (Å²) in [5, 5.41) is 16.2. The highest BCUT2D eigenvalue weighted by atomic mass is 32.1. The second kappa shape index (κ2) is 5.24. The average molecular weight is 281 g/mol. The molecule has 2 aromatic rings. The van der Waals surface area contributed by atoms with E-state index in [1.165, 1.54) is 11.3 Å². The predicted molar refractivity (Wildman–Crippen MR) is 74.2 cm³/mol. The van der Waals surface area contributed by atoms with Gasteiger partial charge in [0.1, 0.15) is 5.01 Å². The predicted octanol–water partition coefficient (Wildman–Crippen LogP) is 1.59. The van der Waals surface area contributed by atoms with E-state index in [0.29, 0.717) is 13.0 Å². The lowest BCUT2D eigenvalue weighted by atomic mass is 9.92. The van der Waals surface area contributed by atoms with Crippen LogP contribution in [-0.4, -0.2) is 32.3 Å². The number of rotatable bonds is 4. The fourth-order valence-electron chi connectivity index (χ4n) is 1.71. The van der Waals surface area contributed by atoms with Gasteiger partial charge < -0.3 is 5.32 Å². The fourth-order valence-corrected chi connectivity index (χ4v) is 2.59. The maximum Gasteiger partial charge on any atom is 0.234 e. The number of aromatic nitrogens is 4. The van der Waals surface area contributed by atoms with Crippen molar-refractivity contribution < 1.29 is 4.79 Å². The van der Waals surface area contributed by atoms with Crippen molar-refractivity contribution in [3.8, 4) is 0 Å². The highest BCUT2D eigenvalue weighted by Gasteiger charge is 2.15. The SMILES string of the molecule is Cc1nnc2sc(CCNC(=O)CC(C)(C)C)nn12. The van der Waals surface area contributed by atoms with Crippen LogP contribution in [0.3, 0.4) is 0 Å². The lowest BCUT2D eigenvalue weighted by Gasteiger charge is -2.16. The standard InChI is InChI=1S/C12H19N5OS/c1-8-14-15-11-17(8)16-10(19-11)5-6-13-9(18)7-12(2,3)4/h5-7H2,1-4H3,(H,13,18). The molecule has 0 saturated carbocycles. The van der Waals surface area contributed by atoms with Crippen molar-refractivity contribution in [3.05, 3.63) is 10.8 Å². The van der Waals surface area contributed by atoms with E-state index in [2.05, 4.69) is 41.4 Å². The molecule has 0 saturated heterocycles. The summed E-state index contributed by atoms with van der Waals surface area (Å²) < 4.78 is 1.73. The Morgan fingerprint density at radius 3 is 2.74 bits per heavy atom. The molecule has 0 fully saturated rings. The molecule has 6 nitrogen and oxygen atoms in total. The third-order valence-corrected chi connectivity index (χ3v) is 3.50. The quantitative estimate of drug-likeness (QED) is 0.923. The summed E-state index contributed by atoms with van der Waals surface area (Å²) in [7, 11) is 0.